The summed E-state index contributed by atoms with van der Waals surface area (Å²) in [5, 5.41) is 5.32. The van der Waals surface area contributed by atoms with Crippen molar-refractivity contribution < 1.29 is 4.79 Å². The van der Waals surface area contributed by atoms with Crippen molar-refractivity contribution in [2.75, 3.05) is 31.1 Å². The van der Waals surface area contributed by atoms with E-state index in [0.29, 0.717) is 0 Å². The molecule has 1 saturated heterocycles. The molecule has 2 fully saturated rings. The third-order valence-electron chi connectivity index (χ3n) is 5.33. The molecule has 0 unspecified atom stereocenters. The molecule has 1 N–H and O–H groups in total. The normalized spacial score (nSPS) is 16.6. The molecule has 7 heteroatoms. The maximum absolute atomic E-state index is 10.9. The third kappa shape index (κ3) is 3.82. The first kappa shape index (κ1) is 17.6. The van der Waals surface area contributed by atoms with Crippen molar-refractivity contribution in [3.8, 4) is 11.3 Å². The second kappa shape index (κ2) is 7.82. The average molecular weight is 366 g/mol. The van der Waals surface area contributed by atoms with Crippen LogP contribution in [0.4, 0.5) is 5.69 Å². The Labute approximate surface area is 159 Å². The van der Waals surface area contributed by atoms with Gasteiger partial charge in [0, 0.05) is 62.3 Å². The highest BCUT2D eigenvalue weighted by Crippen LogP contribution is 2.30. The molecule has 2 aliphatic rings. The number of fused-ring (bicyclic) bond motifs is 1. The maximum atomic E-state index is 10.9. The van der Waals surface area contributed by atoms with Crippen molar-refractivity contribution in [1.29, 1.82) is 0 Å². The molecule has 5 rings (SSSR count). The topological polar surface area (TPSA) is 70.1 Å². The molecule has 1 amide bonds. The Hall–Kier alpha value is -2.83. The van der Waals surface area contributed by atoms with Gasteiger partial charge in [-0.1, -0.05) is 25.7 Å². The van der Waals surface area contributed by atoms with Crippen molar-refractivity contribution in [2.45, 2.75) is 25.7 Å². The average Bonchev–Trinajstić information content (AvgIpc) is 3.26. The summed E-state index contributed by atoms with van der Waals surface area (Å²) < 4.78 is 1.79. The molecule has 1 aliphatic heterocycles. The summed E-state index contributed by atoms with van der Waals surface area (Å²) in [6.07, 6.45) is 12.6. The number of pyridine rings is 1. The van der Waals surface area contributed by atoms with Crippen molar-refractivity contribution >= 4 is 23.1 Å². The van der Waals surface area contributed by atoms with Crippen LogP contribution in [0, 0.1) is 0 Å². The van der Waals surface area contributed by atoms with Gasteiger partial charge < -0.3 is 14.8 Å². The Morgan fingerprint density at radius 3 is 2.44 bits per heavy atom. The highest BCUT2D eigenvalue weighted by atomic mass is 16.1. The molecule has 7 nitrogen and oxygen atoms in total. The Bertz CT molecular complexity index is 898. The van der Waals surface area contributed by atoms with Crippen LogP contribution in [0.1, 0.15) is 25.7 Å². The predicted molar refractivity (Wildman–Crippen MR) is 107 cm³/mol. The highest BCUT2D eigenvalue weighted by molar-refractivity contribution is 5.93. The number of aromatic amines is 1. The second-order valence-electron chi connectivity index (χ2n) is 7.22. The number of hydrogen-bond donors (Lipinski definition) is 1. The molecule has 3 aromatic heterocycles. The molecule has 1 aliphatic carbocycles. The lowest BCUT2D eigenvalue weighted by atomic mass is 10.0. The standard InChI is InChI=1S/C16H18N6O.C4H8/c1-20-10-12(9-18-20)14-8-13-15(2-3-17-16(13)19-14)22-6-4-21(11-23)5-7-22;1-2-4-3-1/h2-3,8-11H,4-7H2,1H3,(H,17,19);1-4H2. The van der Waals surface area contributed by atoms with E-state index in [9.17, 15) is 4.79 Å². The van der Waals surface area contributed by atoms with Gasteiger partial charge in [-0.15, -0.1) is 0 Å². The molecule has 142 valence electrons. The number of hydrogen-bond acceptors (Lipinski definition) is 4. The molecule has 1 saturated carbocycles. The lowest BCUT2D eigenvalue weighted by molar-refractivity contribution is -0.118. The van der Waals surface area contributed by atoms with Crippen LogP contribution < -0.4 is 4.90 Å². The zero-order valence-electron chi connectivity index (χ0n) is 15.8. The fraction of sp³-hybridized carbons (Fsp3) is 0.450. The summed E-state index contributed by atoms with van der Waals surface area (Å²) in [6.45, 7) is 3.19. The number of anilines is 1. The van der Waals surface area contributed by atoms with Crippen molar-refractivity contribution in [3.63, 3.8) is 0 Å². The van der Waals surface area contributed by atoms with Crippen LogP contribution >= 0.6 is 0 Å². The monoisotopic (exact) mass is 366 g/mol. The van der Waals surface area contributed by atoms with Gasteiger partial charge in [0.05, 0.1) is 11.9 Å². The summed E-state index contributed by atoms with van der Waals surface area (Å²) in [4.78, 5) is 22.8. The van der Waals surface area contributed by atoms with Crippen molar-refractivity contribution in [1.82, 2.24) is 24.6 Å². The molecule has 0 atom stereocenters. The largest absolute Gasteiger partial charge is 0.367 e. The van der Waals surface area contributed by atoms with E-state index in [-0.39, 0.29) is 0 Å². The minimum Gasteiger partial charge on any atom is -0.367 e. The van der Waals surface area contributed by atoms with Crippen molar-refractivity contribution in [2.24, 2.45) is 7.05 Å². The number of H-pyrrole nitrogens is 1. The van der Waals surface area contributed by atoms with E-state index < -0.39 is 0 Å². The van der Waals surface area contributed by atoms with E-state index in [0.717, 1.165) is 60.6 Å². The summed E-state index contributed by atoms with van der Waals surface area (Å²) >= 11 is 0. The van der Waals surface area contributed by atoms with E-state index in [1.807, 2.05) is 36.6 Å². The zero-order valence-corrected chi connectivity index (χ0v) is 15.8. The number of piperazine rings is 1. The fourth-order valence-electron chi connectivity index (χ4n) is 3.32. The number of carbonyl (C=O) groups excluding carboxylic acids is 1. The van der Waals surface area contributed by atoms with Crippen LogP contribution in [0.2, 0.25) is 0 Å². The summed E-state index contributed by atoms with van der Waals surface area (Å²) in [5.41, 5.74) is 4.09. The van der Waals surface area contributed by atoms with Crippen LogP contribution in [-0.2, 0) is 11.8 Å². The van der Waals surface area contributed by atoms with Crippen LogP contribution in [-0.4, -0.2) is 57.2 Å². The van der Waals surface area contributed by atoms with Gasteiger partial charge in [0.25, 0.3) is 0 Å². The lowest BCUT2D eigenvalue weighted by Crippen LogP contribution is -2.45. The van der Waals surface area contributed by atoms with Gasteiger partial charge >= 0.3 is 0 Å². The highest BCUT2D eigenvalue weighted by Gasteiger charge is 2.19. The number of aromatic nitrogens is 4. The van der Waals surface area contributed by atoms with Gasteiger partial charge in [0.15, 0.2) is 0 Å². The van der Waals surface area contributed by atoms with E-state index in [4.69, 9.17) is 0 Å². The number of aryl methyl sites for hydroxylation is 1. The summed E-state index contributed by atoms with van der Waals surface area (Å²) in [5.74, 6) is 0. The summed E-state index contributed by atoms with van der Waals surface area (Å²) in [7, 11) is 1.91. The molecule has 3 aromatic rings. The van der Waals surface area contributed by atoms with Crippen LogP contribution in [0.3, 0.4) is 0 Å². The first-order valence-electron chi connectivity index (χ1n) is 9.65. The Balaban J connectivity index is 0.000000400. The van der Waals surface area contributed by atoms with Gasteiger partial charge in [0.2, 0.25) is 6.41 Å². The minimum absolute atomic E-state index is 0.757. The van der Waals surface area contributed by atoms with Gasteiger partial charge in [-0.3, -0.25) is 9.48 Å². The second-order valence-corrected chi connectivity index (χ2v) is 7.22. The smallest absolute Gasteiger partial charge is 0.209 e. The molecule has 0 radical (unpaired) electrons. The van der Waals surface area contributed by atoms with E-state index in [1.54, 1.807) is 4.68 Å². The minimum atomic E-state index is 0.757. The molecule has 0 spiro atoms. The number of nitrogens with one attached hydrogen (secondary N) is 1. The first-order chi connectivity index (χ1) is 13.2. The van der Waals surface area contributed by atoms with E-state index in [2.05, 4.69) is 26.0 Å². The Morgan fingerprint density at radius 1 is 1.11 bits per heavy atom. The molecule has 27 heavy (non-hydrogen) atoms. The Kier molecular flexibility index (Phi) is 5.09. The Morgan fingerprint density at radius 2 is 1.85 bits per heavy atom. The summed E-state index contributed by atoms with van der Waals surface area (Å²) in [6, 6.07) is 4.17. The molecular weight excluding hydrogens is 340 g/mol. The SMILES string of the molecule is C1CCC1.Cn1cc(-c2cc3c(N4CCN(C=O)CC4)ccnc3[nH]2)cn1. The quantitative estimate of drug-likeness (QED) is 0.724. The molecular formula is C20H26N6O. The first-order valence-corrected chi connectivity index (χ1v) is 9.65. The van der Waals surface area contributed by atoms with Gasteiger partial charge in [-0.25, -0.2) is 4.98 Å². The van der Waals surface area contributed by atoms with Crippen molar-refractivity contribution in [3.05, 3.63) is 30.7 Å². The van der Waals surface area contributed by atoms with E-state index >= 15 is 0 Å². The predicted octanol–water partition coefficient (Wildman–Crippen LogP) is 2.80. The van der Waals surface area contributed by atoms with Gasteiger partial charge in [-0.05, 0) is 12.1 Å². The maximum Gasteiger partial charge on any atom is 0.209 e. The molecule has 0 bridgehead atoms. The van der Waals surface area contributed by atoms with E-state index in [1.165, 1.54) is 25.7 Å². The van der Waals surface area contributed by atoms with Crippen LogP contribution in [0.5, 0.6) is 0 Å². The van der Waals surface area contributed by atoms with Crippen LogP contribution in [0.25, 0.3) is 22.3 Å². The number of carbonyl (C=O) groups is 1. The molecule has 0 aromatic carbocycles. The number of amides is 1. The number of nitrogens with zero attached hydrogens (tertiary/aromatic N) is 5. The lowest BCUT2D eigenvalue weighted by Gasteiger charge is -2.34. The zero-order chi connectivity index (χ0) is 18.6. The fourth-order valence-corrected chi connectivity index (χ4v) is 3.32. The number of rotatable bonds is 3. The molecule has 4 heterocycles. The van der Waals surface area contributed by atoms with Crippen LogP contribution in [0.15, 0.2) is 30.7 Å². The third-order valence-corrected chi connectivity index (χ3v) is 5.33. The van der Waals surface area contributed by atoms with Gasteiger partial charge in [0.1, 0.15) is 5.65 Å². The van der Waals surface area contributed by atoms with Gasteiger partial charge in [-0.2, -0.15) is 5.10 Å².